The number of aromatic amines is 1. The van der Waals surface area contributed by atoms with Crippen LogP contribution in [0, 0.1) is 0 Å². The van der Waals surface area contributed by atoms with Crippen molar-refractivity contribution in [2.45, 2.75) is 0 Å². The van der Waals surface area contributed by atoms with E-state index in [1.807, 2.05) is 36.4 Å². The zero-order valence-corrected chi connectivity index (χ0v) is 11.0. The van der Waals surface area contributed by atoms with E-state index in [0.29, 0.717) is 10.5 Å². The van der Waals surface area contributed by atoms with Gasteiger partial charge in [0.25, 0.3) is 5.56 Å². The smallest absolute Gasteiger partial charge is 0.269 e. The van der Waals surface area contributed by atoms with Gasteiger partial charge in [0.05, 0.1) is 9.30 Å². The van der Waals surface area contributed by atoms with Crippen LogP contribution in [0.1, 0.15) is 0 Å². The Morgan fingerprint density at radius 1 is 1.24 bits per heavy atom. The Bertz CT molecular complexity index is 733. The van der Waals surface area contributed by atoms with Gasteiger partial charge in [-0.1, -0.05) is 30.3 Å². The second kappa shape index (κ2) is 4.09. The number of hydrogen-bond acceptors (Lipinski definition) is 3. The molecule has 0 aliphatic carbocycles. The molecule has 0 fully saturated rings. The van der Waals surface area contributed by atoms with Gasteiger partial charge in [0.15, 0.2) is 0 Å². The SMILES string of the molecule is O=c1[nH]c(-c2ccccc2)nc2cc(Br)sc12. The van der Waals surface area contributed by atoms with Gasteiger partial charge in [-0.25, -0.2) is 4.98 Å². The number of thiophene rings is 1. The lowest BCUT2D eigenvalue weighted by atomic mass is 10.2. The van der Waals surface area contributed by atoms with Gasteiger partial charge in [-0.05, 0) is 22.0 Å². The van der Waals surface area contributed by atoms with Gasteiger partial charge in [-0.2, -0.15) is 0 Å². The number of nitrogens with one attached hydrogen (secondary N) is 1. The van der Waals surface area contributed by atoms with E-state index in [2.05, 4.69) is 25.9 Å². The van der Waals surface area contributed by atoms with Gasteiger partial charge in [-0.15, -0.1) is 11.3 Å². The summed E-state index contributed by atoms with van der Waals surface area (Å²) < 4.78 is 1.56. The number of benzene rings is 1. The molecule has 5 heteroatoms. The van der Waals surface area contributed by atoms with Crippen LogP contribution >= 0.6 is 27.3 Å². The van der Waals surface area contributed by atoms with Gasteiger partial charge in [-0.3, -0.25) is 4.79 Å². The summed E-state index contributed by atoms with van der Waals surface area (Å²) in [5.74, 6) is 0.605. The fourth-order valence-corrected chi connectivity index (χ4v) is 3.06. The third-order valence-electron chi connectivity index (χ3n) is 2.40. The number of fused-ring (bicyclic) bond motifs is 1. The Morgan fingerprint density at radius 3 is 2.76 bits per heavy atom. The number of hydrogen-bond donors (Lipinski definition) is 1. The summed E-state index contributed by atoms with van der Waals surface area (Å²) in [7, 11) is 0. The summed E-state index contributed by atoms with van der Waals surface area (Å²) in [6.07, 6.45) is 0. The second-order valence-corrected chi connectivity index (χ2v) is 5.98. The summed E-state index contributed by atoms with van der Waals surface area (Å²) >= 11 is 4.76. The molecule has 84 valence electrons. The minimum absolute atomic E-state index is 0.0930. The molecule has 0 saturated carbocycles. The van der Waals surface area contributed by atoms with Gasteiger partial charge >= 0.3 is 0 Å². The van der Waals surface area contributed by atoms with E-state index in [1.165, 1.54) is 11.3 Å². The number of H-pyrrole nitrogens is 1. The number of nitrogens with zero attached hydrogens (tertiary/aromatic N) is 1. The molecule has 0 aliphatic heterocycles. The third kappa shape index (κ3) is 1.92. The van der Waals surface area contributed by atoms with Crippen molar-refractivity contribution in [2.75, 3.05) is 0 Å². The molecule has 0 spiro atoms. The molecule has 0 amide bonds. The minimum Gasteiger partial charge on any atom is -0.305 e. The molecular formula is C12H7BrN2OS. The molecule has 0 aliphatic rings. The lowest BCUT2D eigenvalue weighted by Gasteiger charge is -1.99. The van der Waals surface area contributed by atoms with E-state index in [1.54, 1.807) is 0 Å². The van der Waals surface area contributed by atoms with E-state index in [0.717, 1.165) is 14.9 Å². The van der Waals surface area contributed by atoms with Crippen molar-refractivity contribution in [1.29, 1.82) is 0 Å². The average Bonchev–Trinajstić information content (AvgIpc) is 2.71. The van der Waals surface area contributed by atoms with Crippen LogP contribution in [-0.4, -0.2) is 9.97 Å². The molecule has 1 aromatic carbocycles. The van der Waals surface area contributed by atoms with Crippen LogP contribution in [0.5, 0.6) is 0 Å². The maximum atomic E-state index is 11.9. The Labute approximate surface area is 109 Å². The Balaban J connectivity index is 2.29. The highest BCUT2D eigenvalue weighted by Crippen LogP contribution is 2.26. The summed E-state index contributed by atoms with van der Waals surface area (Å²) in [4.78, 5) is 19.1. The first kappa shape index (κ1) is 10.7. The monoisotopic (exact) mass is 306 g/mol. The Kier molecular flexibility index (Phi) is 2.57. The lowest BCUT2D eigenvalue weighted by molar-refractivity contribution is 1.19. The highest BCUT2D eigenvalue weighted by Gasteiger charge is 2.08. The molecule has 3 aromatic rings. The molecule has 0 saturated heterocycles. The number of rotatable bonds is 1. The molecule has 17 heavy (non-hydrogen) atoms. The van der Waals surface area contributed by atoms with Crippen LogP contribution < -0.4 is 5.56 Å². The highest BCUT2D eigenvalue weighted by molar-refractivity contribution is 9.11. The predicted molar refractivity (Wildman–Crippen MR) is 73.4 cm³/mol. The van der Waals surface area contributed by atoms with Crippen molar-refractivity contribution in [3.63, 3.8) is 0 Å². The van der Waals surface area contributed by atoms with Crippen molar-refractivity contribution in [1.82, 2.24) is 9.97 Å². The fraction of sp³-hybridized carbons (Fsp3) is 0. The second-order valence-electron chi connectivity index (χ2n) is 3.55. The third-order valence-corrected chi connectivity index (χ3v) is 4.03. The minimum atomic E-state index is -0.0930. The largest absolute Gasteiger partial charge is 0.305 e. The van der Waals surface area contributed by atoms with Gasteiger partial charge in [0.2, 0.25) is 0 Å². The zero-order valence-electron chi connectivity index (χ0n) is 8.61. The molecule has 1 N–H and O–H groups in total. The summed E-state index contributed by atoms with van der Waals surface area (Å²) in [5.41, 5.74) is 1.54. The number of halogens is 1. The van der Waals surface area contributed by atoms with Crippen LogP contribution in [0.3, 0.4) is 0 Å². The molecule has 3 nitrogen and oxygen atoms in total. The van der Waals surface area contributed by atoms with Gasteiger partial charge in [0.1, 0.15) is 10.5 Å². The van der Waals surface area contributed by atoms with Gasteiger partial charge < -0.3 is 4.98 Å². The first-order valence-corrected chi connectivity index (χ1v) is 6.60. The Morgan fingerprint density at radius 2 is 2.00 bits per heavy atom. The van der Waals surface area contributed by atoms with Crippen molar-refractivity contribution < 1.29 is 0 Å². The molecule has 0 bridgehead atoms. The molecule has 0 radical (unpaired) electrons. The van der Waals surface area contributed by atoms with E-state index in [9.17, 15) is 4.79 Å². The molecule has 2 aromatic heterocycles. The van der Waals surface area contributed by atoms with Crippen molar-refractivity contribution in [2.24, 2.45) is 0 Å². The first-order chi connectivity index (χ1) is 8.24. The van der Waals surface area contributed by atoms with Crippen molar-refractivity contribution in [3.05, 3.63) is 50.5 Å². The normalized spacial score (nSPS) is 10.9. The van der Waals surface area contributed by atoms with Crippen LogP contribution in [0.2, 0.25) is 0 Å². The quantitative estimate of drug-likeness (QED) is 0.749. The van der Waals surface area contributed by atoms with E-state index in [4.69, 9.17) is 0 Å². The standard InChI is InChI=1S/C12H7BrN2OS/c13-9-6-8-10(17-9)12(16)15-11(14-8)7-4-2-1-3-5-7/h1-6H,(H,14,15,16). The van der Waals surface area contributed by atoms with Crippen LogP contribution in [0.4, 0.5) is 0 Å². The number of aromatic nitrogens is 2. The Hall–Kier alpha value is -1.46. The molecule has 3 rings (SSSR count). The maximum Gasteiger partial charge on any atom is 0.269 e. The molecule has 0 unspecified atom stereocenters. The van der Waals surface area contributed by atoms with Crippen LogP contribution in [0.15, 0.2) is 45.0 Å². The maximum absolute atomic E-state index is 11.9. The van der Waals surface area contributed by atoms with E-state index >= 15 is 0 Å². The average molecular weight is 307 g/mol. The van der Waals surface area contributed by atoms with E-state index < -0.39 is 0 Å². The molecule has 0 atom stereocenters. The highest BCUT2D eigenvalue weighted by atomic mass is 79.9. The van der Waals surface area contributed by atoms with E-state index in [-0.39, 0.29) is 5.56 Å². The zero-order chi connectivity index (χ0) is 11.8. The first-order valence-electron chi connectivity index (χ1n) is 4.99. The van der Waals surface area contributed by atoms with Crippen LogP contribution in [0.25, 0.3) is 21.6 Å². The van der Waals surface area contributed by atoms with Crippen LogP contribution in [-0.2, 0) is 0 Å². The summed E-state index contributed by atoms with van der Waals surface area (Å²) in [6, 6.07) is 11.5. The molecule has 2 heterocycles. The summed E-state index contributed by atoms with van der Waals surface area (Å²) in [6.45, 7) is 0. The van der Waals surface area contributed by atoms with Crippen molar-refractivity contribution >= 4 is 37.5 Å². The molecular weight excluding hydrogens is 300 g/mol. The topological polar surface area (TPSA) is 45.8 Å². The fourth-order valence-electron chi connectivity index (χ4n) is 1.64. The summed E-state index contributed by atoms with van der Waals surface area (Å²) in [5, 5.41) is 0. The predicted octanol–water partition coefficient (Wildman–Crippen LogP) is 3.41. The van der Waals surface area contributed by atoms with Crippen molar-refractivity contribution in [3.8, 4) is 11.4 Å². The van der Waals surface area contributed by atoms with Gasteiger partial charge in [0, 0.05) is 5.56 Å². The lowest BCUT2D eigenvalue weighted by Crippen LogP contribution is -2.07.